The van der Waals surface area contributed by atoms with E-state index >= 15 is 0 Å². The molecule has 0 spiro atoms. The van der Waals surface area contributed by atoms with Gasteiger partial charge in [-0.05, 0) is 61.6 Å². The molecule has 1 N–H and O–H groups in total. The Morgan fingerprint density at radius 3 is 2.03 bits per heavy atom. The third-order valence-electron chi connectivity index (χ3n) is 5.25. The van der Waals surface area contributed by atoms with Gasteiger partial charge in [-0.15, -0.1) is 0 Å². The molecule has 0 unspecified atom stereocenters. The summed E-state index contributed by atoms with van der Waals surface area (Å²) in [4.78, 5) is 12.7. The van der Waals surface area contributed by atoms with Crippen LogP contribution in [0.2, 0.25) is 5.02 Å². The van der Waals surface area contributed by atoms with Gasteiger partial charge in [-0.2, -0.15) is 9.41 Å². The third kappa shape index (κ3) is 7.80. The average Bonchev–Trinajstić information content (AvgIpc) is 2.85. The molecular weight excluding hydrogens is 470 g/mol. The molecule has 1 amide bonds. The van der Waals surface area contributed by atoms with Crippen molar-refractivity contribution in [3.05, 3.63) is 101 Å². The summed E-state index contributed by atoms with van der Waals surface area (Å²) < 4.78 is 27.7. The normalized spacial score (nSPS) is 12.0. The summed E-state index contributed by atoms with van der Waals surface area (Å²) in [7, 11) is -3.90. The van der Waals surface area contributed by atoms with Gasteiger partial charge in [0.05, 0.1) is 11.4 Å². The Morgan fingerprint density at radius 2 is 1.44 bits per heavy atom. The highest BCUT2D eigenvalue weighted by atomic mass is 35.5. The summed E-state index contributed by atoms with van der Waals surface area (Å²) in [6.07, 6.45) is 1.96. The van der Waals surface area contributed by atoms with Crippen LogP contribution in [0.15, 0.2) is 94.9 Å². The van der Waals surface area contributed by atoms with E-state index in [1.165, 1.54) is 34.1 Å². The van der Waals surface area contributed by atoms with Gasteiger partial charge in [0, 0.05) is 17.3 Å². The van der Waals surface area contributed by atoms with Crippen molar-refractivity contribution in [2.75, 3.05) is 13.1 Å². The zero-order valence-electron chi connectivity index (χ0n) is 19.0. The van der Waals surface area contributed by atoms with Crippen molar-refractivity contribution in [1.82, 2.24) is 9.73 Å². The number of hydrazone groups is 1. The molecule has 3 rings (SSSR count). The molecule has 0 bridgehead atoms. The standard InChI is InChI=1S/C26H28ClN3O3S/c1-21(12-13-22-8-4-2-5-9-22)28-29-26(31)20-30(19-18-23-10-6-3-7-11-23)34(32,33)25-16-14-24(27)15-17-25/h2-11,14-17H,12-13,18-20H2,1H3,(H,29,31)/b28-21-. The molecule has 0 radical (unpaired) electrons. The lowest BCUT2D eigenvalue weighted by molar-refractivity contribution is -0.121. The van der Waals surface area contributed by atoms with E-state index in [4.69, 9.17) is 11.6 Å². The van der Waals surface area contributed by atoms with Crippen LogP contribution in [0.25, 0.3) is 0 Å². The predicted molar refractivity (Wildman–Crippen MR) is 136 cm³/mol. The van der Waals surface area contributed by atoms with Crippen LogP contribution in [0, 0.1) is 0 Å². The Bertz CT molecular complexity index is 1200. The number of carbonyl (C=O) groups excluding carboxylic acids is 1. The fourth-order valence-electron chi connectivity index (χ4n) is 3.32. The fourth-order valence-corrected chi connectivity index (χ4v) is 4.84. The molecule has 34 heavy (non-hydrogen) atoms. The molecule has 178 valence electrons. The van der Waals surface area contributed by atoms with Gasteiger partial charge >= 0.3 is 0 Å². The van der Waals surface area contributed by atoms with Crippen molar-refractivity contribution in [3.63, 3.8) is 0 Å². The van der Waals surface area contributed by atoms with Crippen LogP contribution in [0.5, 0.6) is 0 Å². The molecule has 3 aromatic rings. The van der Waals surface area contributed by atoms with Crippen LogP contribution in [-0.2, 0) is 27.7 Å². The van der Waals surface area contributed by atoms with E-state index in [-0.39, 0.29) is 18.0 Å². The topological polar surface area (TPSA) is 78.8 Å². The van der Waals surface area contributed by atoms with Crippen molar-refractivity contribution < 1.29 is 13.2 Å². The summed E-state index contributed by atoms with van der Waals surface area (Å²) >= 11 is 5.92. The van der Waals surface area contributed by atoms with Gasteiger partial charge in [0.1, 0.15) is 0 Å². The van der Waals surface area contributed by atoms with Crippen LogP contribution >= 0.6 is 11.6 Å². The van der Waals surface area contributed by atoms with Crippen LogP contribution in [-0.4, -0.2) is 37.4 Å². The minimum Gasteiger partial charge on any atom is -0.272 e. The first-order valence-corrected chi connectivity index (χ1v) is 12.8. The monoisotopic (exact) mass is 497 g/mol. The first-order chi connectivity index (χ1) is 16.3. The van der Waals surface area contributed by atoms with Gasteiger partial charge < -0.3 is 0 Å². The highest BCUT2D eigenvalue weighted by Gasteiger charge is 2.26. The maximum atomic E-state index is 13.3. The van der Waals surface area contributed by atoms with Crippen molar-refractivity contribution in [2.24, 2.45) is 5.10 Å². The highest BCUT2D eigenvalue weighted by molar-refractivity contribution is 7.89. The molecule has 0 fully saturated rings. The lowest BCUT2D eigenvalue weighted by atomic mass is 10.1. The molecule has 0 saturated carbocycles. The van der Waals surface area contributed by atoms with Crippen LogP contribution in [0.3, 0.4) is 0 Å². The number of hydrogen-bond donors (Lipinski definition) is 1. The van der Waals surface area contributed by atoms with E-state index in [2.05, 4.69) is 10.5 Å². The summed E-state index contributed by atoms with van der Waals surface area (Å²) in [6.45, 7) is 1.65. The fraction of sp³-hybridized carbons (Fsp3) is 0.231. The van der Waals surface area contributed by atoms with Gasteiger partial charge in [0.25, 0.3) is 5.91 Å². The number of amides is 1. The maximum absolute atomic E-state index is 13.3. The molecule has 3 aromatic carbocycles. The largest absolute Gasteiger partial charge is 0.272 e. The van der Waals surface area contributed by atoms with Crippen molar-refractivity contribution in [1.29, 1.82) is 0 Å². The molecule has 6 nitrogen and oxygen atoms in total. The Hall–Kier alpha value is -3.00. The molecule has 0 aliphatic heterocycles. The molecule has 8 heteroatoms. The number of carbonyl (C=O) groups is 1. The number of sulfonamides is 1. The van der Waals surface area contributed by atoms with E-state index in [1.54, 1.807) is 0 Å². The molecule has 0 aliphatic carbocycles. The Kier molecular flexibility index (Phi) is 9.39. The number of rotatable bonds is 11. The summed E-state index contributed by atoms with van der Waals surface area (Å²) in [5.41, 5.74) is 5.43. The maximum Gasteiger partial charge on any atom is 0.255 e. The van der Waals surface area contributed by atoms with E-state index in [9.17, 15) is 13.2 Å². The summed E-state index contributed by atoms with van der Waals surface area (Å²) in [5, 5.41) is 4.59. The minimum absolute atomic E-state index is 0.0836. The zero-order valence-corrected chi connectivity index (χ0v) is 20.6. The first kappa shape index (κ1) is 25.6. The molecule has 0 heterocycles. The second kappa shape index (κ2) is 12.5. The van der Waals surface area contributed by atoms with Crippen molar-refractivity contribution in [2.45, 2.75) is 31.1 Å². The lowest BCUT2D eigenvalue weighted by Crippen LogP contribution is -2.40. The second-order valence-corrected chi connectivity index (χ2v) is 10.3. The van der Waals surface area contributed by atoms with E-state index < -0.39 is 15.9 Å². The van der Waals surface area contributed by atoms with Gasteiger partial charge in [-0.3, -0.25) is 4.79 Å². The summed E-state index contributed by atoms with van der Waals surface area (Å²) in [6, 6.07) is 25.5. The van der Waals surface area contributed by atoms with Crippen LogP contribution in [0.1, 0.15) is 24.5 Å². The Labute approximate surface area is 206 Å². The van der Waals surface area contributed by atoms with Gasteiger partial charge in [0.2, 0.25) is 10.0 Å². The second-order valence-electron chi connectivity index (χ2n) is 7.90. The number of benzene rings is 3. The summed E-state index contributed by atoms with van der Waals surface area (Å²) in [5.74, 6) is -0.496. The molecule has 0 aliphatic rings. The minimum atomic E-state index is -3.90. The number of nitrogens with one attached hydrogen (secondary N) is 1. The quantitative estimate of drug-likeness (QED) is 0.308. The Balaban J connectivity index is 1.67. The SMILES string of the molecule is C/C(CCc1ccccc1)=N/NC(=O)CN(CCc1ccccc1)S(=O)(=O)c1ccc(Cl)cc1. The molecule has 0 saturated heterocycles. The molecule has 0 aromatic heterocycles. The van der Waals surface area contributed by atoms with Gasteiger partial charge in [-0.25, -0.2) is 13.8 Å². The van der Waals surface area contributed by atoms with E-state index in [0.29, 0.717) is 17.9 Å². The van der Waals surface area contributed by atoms with Crippen molar-refractivity contribution in [3.8, 4) is 0 Å². The Morgan fingerprint density at radius 1 is 0.882 bits per heavy atom. The number of aryl methyl sites for hydroxylation is 1. The molecule has 0 atom stereocenters. The smallest absolute Gasteiger partial charge is 0.255 e. The van der Waals surface area contributed by atoms with E-state index in [0.717, 1.165) is 17.7 Å². The van der Waals surface area contributed by atoms with Crippen LogP contribution in [0.4, 0.5) is 0 Å². The third-order valence-corrected chi connectivity index (χ3v) is 7.37. The average molecular weight is 498 g/mol. The van der Waals surface area contributed by atoms with E-state index in [1.807, 2.05) is 67.6 Å². The number of halogens is 1. The van der Waals surface area contributed by atoms with Gasteiger partial charge in [0.15, 0.2) is 0 Å². The number of nitrogens with zero attached hydrogens (tertiary/aromatic N) is 2. The van der Waals surface area contributed by atoms with Gasteiger partial charge in [-0.1, -0.05) is 72.3 Å². The number of hydrogen-bond acceptors (Lipinski definition) is 4. The van der Waals surface area contributed by atoms with Crippen molar-refractivity contribution >= 4 is 33.2 Å². The zero-order chi connectivity index (χ0) is 24.4. The lowest BCUT2D eigenvalue weighted by Gasteiger charge is -2.21. The first-order valence-electron chi connectivity index (χ1n) is 11.0. The highest BCUT2D eigenvalue weighted by Crippen LogP contribution is 2.19. The predicted octanol–water partition coefficient (Wildman–Crippen LogP) is 4.70. The molecular formula is C26H28ClN3O3S. The van der Waals surface area contributed by atoms with Crippen LogP contribution < -0.4 is 5.43 Å².